The molecule has 3 aromatic rings. The molecular formula is C25H27N7O5. The first-order chi connectivity index (χ1) is 18.1. The third kappa shape index (κ3) is 5.93. The molecule has 37 heavy (non-hydrogen) atoms. The van der Waals surface area contributed by atoms with Gasteiger partial charge in [-0.05, 0) is 36.7 Å². The quantitative estimate of drug-likeness (QED) is 0.347. The molecule has 2 aliphatic rings. The summed E-state index contributed by atoms with van der Waals surface area (Å²) in [5.74, 6) is 1.33. The zero-order valence-electron chi connectivity index (χ0n) is 20.1. The monoisotopic (exact) mass is 505 g/mol. The van der Waals surface area contributed by atoms with Gasteiger partial charge in [0.15, 0.2) is 18.2 Å². The summed E-state index contributed by atoms with van der Waals surface area (Å²) in [6.45, 7) is 2.40. The van der Waals surface area contributed by atoms with E-state index >= 15 is 0 Å². The van der Waals surface area contributed by atoms with Gasteiger partial charge in [0.05, 0.1) is 24.6 Å². The van der Waals surface area contributed by atoms with E-state index in [1.165, 1.54) is 4.90 Å². The van der Waals surface area contributed by atoms with E-state index in [1.807, 2.05) is 24.3 Å². The molecule has 0 radical (unpaired) electrons. The van der Waals surface area contributed by atoms with Gasteiger partial charge in [0.2, 0.25) is 5.88 Å². The summed E-state index contributed by atoms with van der Waals surface area (Å²) in [7, 11) is 0. The van der Waals surface area contributed by atoms with Crippen molar-refractivity contribution in [2.24, 2.45) is 5.73 Å². The van der Waals surface area contributed by atoms with Crippen LogP contribution in [0.15, 0.2) is 48.8 Å². The van der Waals surface area contributed by atoms with Gasteiger partial charge < -0.3 is 30.6 Å². The van der Waals surface area contributed by atoms with Crippen molar-refractivity contribution in [3.8, 4) is 22.9 Å². The van der Waals surface area contributed by atoms with E-state index in [4.69, 9.17) is 19.9 Å². The van der Waals surface area contributed by atoms with Crippen LogP contribution in [0.4, 0.5) is 16.4 Å². The van der Waals surface area contributed by atoms with Crippen molar-refractivity contribution in [3.05, 3.63) is 54.4 Å². The maximum atomic E-state index is 12.4. The molecule has 5 rings (SSSR count). The number of hydrogen-bond acceptors (Lipinski definition) is 10. The highest BCUT2D eigenvalue weighted by atomic mass is 16.6. The molecule has 1 atom stereocenters. The molecule has 0 saturated carbocycles. The average molecular weight is 506 g/mol. The lowest BCUT2D eigenvalue weighted by molar-refractivity contribution is -0.118. The predicted octanol–water partition coefficient (Wildman–Crippen LogP) is 1.71. The summed E-state index contributed by atoms with van der Waals surface area (Å²) in [6.07, 6.45) is 3.16. The Balaban J connectivity index is 1.12. The number of ether oxygens (including phenoxy) is 3. The Morgan fingerprint density at radius 3 is 3.00 bits per heavy atom. The molecule has 4 heterocycles. The Morgan fingerprint density at radius 2 is 2.11 bits per heavy atom. The highest BCUT2D eigenvalue weighted by Gasteiger charge is 2.33. The molecule has 4 N–H and O–H groups in total. The summed E-state index contributed by atoms with van der Waals surface area (Å²) in [6, 6.07) is 11.4. The molecule has 2 aliphatic heterocycles. The van der Waals surface area contributed by atoms with Crippen LogP contribution in [-0.4, -0.2) is 65.9 Å². The molecule has 1 fully saturated rings. The van der Waals surface area contributed by atoms with Gasteiger partial charge in [0, 0.05) is 18.7 Å². The van der Waals surface area contributed by atoms with Crippen LogP contribution in [0.3, 0.4) is 0 Å². The van der Waals surface area contributed by atoms with Crippen LogP contribution < -0.4 is 30.7 Å². The van der Waals surface area contributed by atoms with E-state index in [-0.39, 0.29) is 18.6 Å². The van der Waals surface area contributed by atoms with Gasteiger partial charge in [-0.3, -0.25) is 14.7 Å². The Labute approximate surface area is 213 Å². The van der Waals surface area contributed by atoms with E-state index in [0.29, 0.717) is 62.5 Å². The summed E-state index contributed by atoms with van der Waals surface area (Å²) in [4.78, 5) is 38.5. The van der Waals surface area contributed by atoms with Gasteiger partial charge in [-0.15, -0.1) is 0 Å². The summed E-state index contributed by atoms with van der Waals surface area (Å²) < 4.78 is 16.3. The lowest BCUT2D eigenvalue weighted by atomic mass is 10.1. The largest absolute Gasteiger partial charge is 0.480 e. The van der Waals surface area contributed by atoms with Crippen molar-refractivity contribution in [3.63, 3.8) is 0 Å². The summed E-state index contributed by atoms with van der Waals surface area (Å²) in [5, 5.41) is 6.05. The van der Waals surface area contributed by atoms with Crippen molar-refractivity contribution >= 4 is 23.6 Å². The minimum absolute atomic E-state index is 0.0510. The number of pyridine rings is 1. The molecule has 0 spiro atoms. The first kappa shape index (κ1) is 24.4. The van der Waals surface area contributed by atoms with Crippen LogP contribution >= 0.6 is 0 Å². The van der Waals surface area contributed by atoms with Gasteiger partial charge >= 0.3 is 6.09 Å². The zero-order valence-corrected chi connectivity index (χ0v) is 20.1. The van der Waals surface area contributed by atoms with Crippen LogP contribution in [0.25, 0.3) is 11.3 Å². The lowest BCUT2D eigenvalue weighted by Gasteiger charge is -2.19. The molecule has 2 aromatic heterocycles. The molecule has 0 unspecified atom stereocenters. The number of carbonyl (C=O) groups excluding carboxylic acids is 2. The molecule has 0 aliphatic carbocycles. The highest BCUT2D eigenvalue weighted by molar-refractivity contribution is 5.95. The minimum atomic E-state index is -0.466. The number of nitrogens with two attached hydrogens (primary N) is 1. The number of cyclic esters (lactones) is 1. The SMILES string of the molecule is NCCOc1cncc(-c2cccc(CNCC[C@H]3CN(c4ccc5c(n4)NC(=O)CO5)C(=O)O3)c2)n1. The standard InChI is InChI=1S/C25H27N7O5/c26-7-9-35-23-13-28-12-19(29-23)17-3-1-2-16(10-17)11-27-8-6-18-14-32(25(34)37-18)21-5-4-20-24(30-21)31-22(33)15-36-20/h1-5,10,12-13,18,27H,6-9,11,14-15,26H2,(H,30,31,33)/t18-/m0/s1. The third-order valence-corrected chi connectivity index (χ3v) is 5.79. The number of fused-ring (bicyclic) bond motifs is 1. The molecule has 2 amide bonds. The number of benzene rings is 1. The van der Waals surface area contributed by atoms with Crippen molar-refractivity contribution in [2.75, 3.05) is 43.1 Å². The van der Waals surface area contributed by atoms with Gasteiger partial charge in [-0.1, -0.05) is 18.2 Å². The molecule has 192 valence electrons. The summed E-state index contributed by atoms with van der Waals surface area (Å²) >= 11 is 0. The second-order valence-corrected chi connectivity index (χ2v) is 8.51. The number of amides is 2. The first-order valence-corrected chi connectivity index (χ1v) is 12.0. The zero-order chi connectivity index (χ0) is 25.6. The fraction of sp³-hybridized carbons (Fsp3) is 0.320. The number of nitrogens with zero attached hydrogens (tertiary/aromatic N) is 4. The number of nitrogens with one attached hydrogen (secondary N) is 2. The molecular weight excluding hydrogens is 478 g/mol. The Bertz CT molecular complexity index is 1290. The lowest BCUT2D eigenvalue weighted by Crippen LogP contribution is -2.29. The highest BCUT2D eigenvalue weighted by Crippen LogP contribution is 2.30. The second-order valence-electron chi connectivity index (χ2n) is 8.51. The average Bonchev–Trinajstić information content (AvgIpc) is 3.30. The van der Waals surface area contributed by atoms with Crippen molar-refractivity contribution in [1.29, 1.82) is 0 Å². The van der Waals surface area contributed by atoms with E-state index in [0.717, 1.165) is 16.8 Å². The van der Waals surface area contributed by atoms with Crippen LogP contribution in [0.1, 0.15) is 12.0 Å². The van der Waals surface area contributed by atoms with Crippen molar-refractivity contribution in [2.45, 2.75) is 19.1 Å². The van der Waals surface area contributed by atoms with Crippen molar-refractivity contribution in [1.82, 2.24) is 20.3 Å². The number of rotatable bonds is 10. The number of aromatic nitrogens is 3. The molecule has 1 saturated heterocycles. The first-order valence-electron chi connectivity index (χ1n) is 12.0. The smallest absolute Gasteiger partial charge is 0.415 e. The second kappa shape index (κ2) is 11.2. The van der Waals surface area contributed by atoms with Crippen LogP contribution in [0.2, 0.25) is 0 Å². The van der Waals surface area contributed by atoms with Gasteiger partial charge in [0.25, 0.3) is 5.91 Å². The normalized spacial score (nSPS) is 16.6. The fourth-order valence-electron chi connectivity index (χ4n) is 4.02. The van der Waals surface area contributed by atoms with Gasteiger partial charge in [-0.25, -0.2) is 14.8 Å². The molecule has 12 heteroatoms. The topological polar surface area (TPSA) is 154 Å². The van der Waals surface area contributed by atoms with Crippen LogP contribution in [-0.2, 0) is 16.1 Å². The minimum Gasteiger partial charge on any atom is -0.480 e. The van der Waals surface area contributed by atoms with Crippen LogP contribution in [0, 0.1) is 0 Å². The molecule has 0 bridgehead atoms. The number of carbonyl (C=O) groups is 2. The summed E-state index contributed by atoms with van der Waals surface area (Å²) in [5.41, 5.74) is 8.22. The number of anilines is 2. The maximum absolute atomic E-state index is 12.4. The van der Waals surface area contributed by atoms with Crippen molar-refractivity contribution < 1.29 is 23.8 Å². The Kier molecular flexibility index (Phi) is 7.38. The third-order valence-electron chi connectivity index (χ3n) is 5.79. The number of hydrogen-bond donors (Lipinski definition) is 3. The molecule has 12 nitrogen and oxygen atoms in total. The molecule has 1 aromatic carbocycles. The van der Waals surface area contributed by atoms with Gasteiger partial charge in [0.1, 0.15) is 18.5 Å². The fourth-order valence-corrected chi connectivity index (χ4v) is 4.02. The maximum Gasteiger partial charge on any atom is 0.415 e. The van der Waals surface area contributed by atoms with E-state index in [2.05, 4.69) is 25.6 Å². The Hall–Kier alpha value is -4.29. The van der Waals surface area contributed by atoms with E-state index < -0.39 is 6.09 Å². The van der Waals surface area contributed by atoms with Gasteiger partial charge in [-0.2, -0.15) is 0 Å². The Morgan fingerprint density at radius 1 is 1.19 bits per heavy atom. The van der Waals surface area contributed by atoms with E-state index in [9.17, 15) is 9.59 Å². The predicted molar refractivity (Wildman–Crippen MR) is 134 cm³/mol. The van der Waals surface area contributed by atoms with Crippen LogP contribution in [0.5, 0.6) is 11.6 Å². The van der Waals surface area contributed by atoms with E-state index in [1.54, 1.807) is 24.5 Å².